The molecule has 1 rings (SSSR count). The molecule has 1 aromatic rings. The number of ether oxygens (including phenoxy) is 1. The van der Waals surface area contributed by atoms with Gasteiger partial charge in [0.25, 0.3) is 0 Å². The molecule has 0 radical (unpaired) electrons. The van der Waals surface area contributed by atoms with Gasteiger partial charge in [-0.1, -0.05) is 6.92 Å². The molecule has 0 unspecified atom stereocenters. The summed E-state index contributed by atoms with van der Waals surface area (Å²) in [5.74, 6) is 0. The molecule has 1 heterocycles. The van der Waals surface area contributed by atoms with Gasteiger partial charge >= 0.3 is 0 Å². The van der Waals surface area contributed by atoms with Crippen molar-refractivity contribution in [3.8, 4) is 0 Å². The SMILES string of the molecule is CCNCc1cc(S(=O)(=O)N(CCOC)C(C)C)c(C)s1. The van der Waals surface area contributed by atoms with Gasteiger partial charge < -0.3 is 10.1 Å². The first-order valence-corrected chi connectivity index (χ1v) is 9.41. The van der Waals surface area contributed by atoms with Crippen molar-refractivity contribution in [1.82, 2.24) is 9.62 Å². The van der Waals surface area contributed by atoms with E-state index < -0.39 is 10.0 Å². The van der Waals surface area contributed by atoms with Crippen molar-refractivity contribution >= 4 is 21.4 Å². The minimum Gasteiger partial charge on any atom is -0.383 e. The number of hydrogen-bond donors (Lipinski definition) is 1. The van der Waals surface area contributed by atoms with Gasteiger partial charge in [-0.3, -0.25) is 0 Å². The van der Waals surface area contributed by atoms with E-state index in [1.54, 1.807) is 13.2 Å². The monoisotopic (exact) mass is 334 g/mol. The van der Waals surface area contributed by atoms with Crippen LogP contribution in [-0.2, 0) is 21.3 Å². The summed E-state index contributed by atoms with van der Waals surface area (Å²) in [7, 11) is -1.89. The fourth-order valence-corrected chi connectivity index (χ4v) is 5.28. The molecule has 0 fully saturated rings. The molecule has 0 atom stereocenters. The van der Waals surface area contributed by atoms with Crippen LogP contribution in [0, 0.1) is 6.92 Å². The van der Waals surface area contributed by atoms with Crippen LogP contribution < -0.4 is 5.32 Å². The van der Waals surface area contributed by atoms with Crippen LogP contribution in [0.2, 0.25) is 0 Å². The summed E-state index contributed by atoms with van der Waals surface area (Å²) >= 11 is 1.53. The Morgan fingerprint density at radius 1 is 1.43 bits per heavy atom. The third-order valence-electron chi connectivity index (χ3n) is 3.15. The first-order valence-electron chi connectivity index (χ1n) is 7.15. The predicted octanol–water partition coefficient (Wildman–Crippen LogP) is 2.21. The van der Waals surface area contributed by atoms with E-state index in [1.807, 2.05) is 27.7 Å². The molecule has 0 aliphatic rings. The molecule has 1 N–H and O–H groups in total. The van der Waals surface area contributed by atoms with Gasteiger partial charge in [0.2, 0.25) is 10.0 Å². The first kappa shape index (κ1) is 18.6. The lowest BCUT2D eigenvalue weighted by Crippen LogP contribution is -2.39. The van der Waals surface area contributed by atoms with Crippen LogP contribution in [0.4, 0.5) is 0 Å². The summed E-state index contributed by atoms with van der Waals surface area (Å²) in [4.78, 5) is 2.31. The van der Waals surface area contributed by atoms with Gasteiger partial charge in [0, 0.05) is 36.0 Å². The number of aryl methyl sites for hydroxylation is 1. The van der Waals surface area contributed by atoms with Crippen LogP contribution in [0.25, 0.3) is 0 Å². The summed E-state index contributed by atoms with van der Waals surface area (Å²) in [5.41, 5.74) is 0. The summed E-state index contributed by atoms with van der Waals surface area (Å²) in [6.07, 6.45) is 0. The molecular formula is C14H26N2O3S2. The Labute approximate surface area is 132 Å². The molecular weight excluding hydrogens is 308 g/mol. The van der Waals surface area contributed by atoms with E-state index in [0.717, 1.165) is 16.3 Å². The Hall–Kier alpha value is -0.470. The Balaban J connectivity index is 3.07. The molecule has 5 nitrogen and oxygen atoms in total. The van der Waals surface area contributed by atoms with Crippen molar-refractivity contribution in [1.29, 1.82) is 0 Å². The van der Waals surface area contributed by atoms with Crippen LogP contribution in [0.15, 0.2) is 11.0 Å². The predicted molar refractivity (Wildman–Crippen MR) is 87.3 cm³/mol. The molecule has 21 heavy (non-hydrogen) atoms. The van der Waals surface area contributed by atoms with Crippen LogP contribution in [0.1, 0.15) is 30.5 Å². The zero-order chi connectivity index (χ0) is 16.0. The fraction of sp³-hybridized carbons (Fsp3) is 0.714. The first-order chi connectivity index (χ1) is 9.84. The Morgan fingerprint density at radius 3 is 2.62 bits per heavy atom. The van der Waals surface area contributed by atoms with Crippen molar-refractivity contribution in [3.05, 3.63) is 15.8 Å². The Kier molecular flexibility index (Phi) is 7.29. The van der Waals surface area contributed by atoms with E-state index in [9.17, 15) is 8.42 Å². The molecule has 0 bridgehead atoms. The summed E-state index contributed by atoms with van der Waals surface area (Å²) in [5, 5.41) is 3.22. The van der Waals surface area contributed by atoms with Crippen molar-refractivity contribution in [2.24, 2.45) is 0 Å². The topological polar surface area (TPSA) is 58.6 Å². The third kappa shape index (κ3) is 4.75. The van der Waals surface area contributed by atoms with E-state index in [0.29, 0.717) is 24.6 Å². The van der Waals surface area contributed by atoms with Gasteiger partial charge in [-0.15, -0.1) is 11.3 Å². The van der Waals surface area contributed by atoms with E-state index in [2.05, 4.69) is 5.32 Å². The fourth-order valence-electron chi connectivity index (χ4n) is 2.08. The smallest absolute Gasteiger partial charge is 0.244 e. The normalized spacial score (nSPS) is 12.5. The van der Waals surface area contributed by atoms with Crippen LogP contribution in [-0.4, -0.2) is 45.6 Å². The van der Waals surface area contributed by atoms with Crippen molar-refractivity contribution in [2.45, 2.75) is 45.2 Å². The number of rotatable bonds is 9. The maximum Gasteiger partial charge on any atom is 0.244 e. The van der Waals surface area contributed by atoms with Crippen molar-refractivity contribution in [3.63, 3.8) is 0 Å². The Bertz CT molecular complexity index is 538. The second-order valence-corrected chi connectivity index (χ2v) is 8.32. The number of methoxy groups -OCH3 is 1. The third-order valence-corrected chi connectivity index (χ3v) is 6.53. The van der Waals surface area contributed by atoms with Gasteiger partial charge in [0.15, 0.2) is 0 Å². The largest absolute Gasteiger partial charge is 0.383 e. The number of thiophene rings is 1. The Morgan fingerprint density at radius 2 is 2.10 bits per heavy atom. The molecule has 122 valence electrons. The highest BCUT2D eigenvalue weighted by molar-refractivity contribution is 7.89. The minimum absolute atomic E-state index is 0.0957. The molecule has 7 heteroatoms. The van der Waals surface area contributed by atoms with Crippen LogP contribution >= 0.6 is 11.3 Å². The van der Waals surface area contributed by atoms with Crippen LogP contribution in [0.5, 0.6) is 0 Å². The van der Waals surface area contributed by atoms with Gasteiger partial charge in [0.05, 0.1) is 11.5 Å². The number of nitrogens with one attached hydrogen (secondary N) is 1. The molecule has 1 aromatic heterocycles. The van der Waals surface area contributed by atoms with E-state index in [-0.39, 0.29) is 6.04 Å². The van der Waals surface area contributed by atoms with Crippen molar-refractivity contribution in [2.75, 3.05) is 26.8 Å². The minimum atomic E-state index is -3.47. The molecule has 0 aromatic carbocycles. The van der Waals surface area contributed by atoms with Gasteiger partial charge in [-0.05, 0) is 33.4 Å². The summed E-state index contributed by atoms with van der Waals surface area (Å²) in [6, 6.07) is 1.70. The highest BCUT2D eigenvalue weighted by atomic mass is 32.2. The van der Waals surface area contributed by atoms with Crippen LogP contribution in [0.3, 0.4) is 0 Å². The molecule has 0 saturated carbocycles. The quantitative estimate of drug-likeness (QED) is 0.752. The number of nitrogens with zero attached hydrogens (tertiary/aromatic N) is 1. The average molecular weight is 335 g/mol. The van der Waals surface area contributed by atoms with E-state index in [1.165, 1.54) is 15.6 Å². The molecule has 0 spiro atoms. The van der Waals surface area contributed by atoms with Gasteiger partial charge in [0.1, 0.15) is 0 Å². The highest BCUT2D eigenvalue weighted by Gasteiger charge is 2.29. The maximum absolute atomic E-state index is 12.8. The average Bonchev–Trinajstić information content (AvgIpc) is 2.78. The second-order valence-electron chi connectivity index (χ2n) is 5.12. The molecule has 0 saturated heterocycles. The van der Waals surface area contributed by atoms with Crippen molar-refractivity contribution < 1.29 is 13.2 Å². The molecule has 0 aliphatic carbocycles. The van der Waals surface area contributed by atoms with E-state index >= 15 is 0 Å². The zero-order valence-corrected chi connectivity index (χ0v) is 15.1. The van der Waals surface area contributed by atoms with Gasteiger partial charge in [-0.2, -0.15) is 4.31 Å². The lowest BCUT2D eigenvalue weighted by molar-refractivity contribution is 0.171. The zero-order valence-electron chi connectivity index (χ0n) is 13.5. The summed E-state index contributed by atoms with van der Waals surface area (Å²) < 4.78 is 32.2. The lowest BCUT2D eigenvalue weighted by Gasteiger charge is -2.25. The standard InChI is InChI=1S/C14H26N2O3S2/c1-6-15-10-13-9-14(12(4)20-13)21(17,18)16(11(2)3)7-8-19-5/h9,11,15H,6-8,10H2,1-5H3. The summed E-state index contributed by atoms with van der Waals surface area (Å²) in [6.45, 7) is 10.00. The van der Waals surface area contributed by atoms with E-state index in [4.69, 9.17) is 4.74 Å². The highest BCUT2D eigenvalue weighted by Crippen LogP contribution is 2.29. The lowest BCUT2D eigenvalue weighted by atomic mass is 10.4. The second kappa shape index (κ2) is 8.24. The molecule has 0 amide bonds. The van der Waals surface area contributed by atoms with Gasteiger partial charge in [-0.25, -0.2) is 8.42 Å². The molecule has 0 aliphatic heterocycles. The number of sulfonamides is 1. The maximum atomic E-state index is 12.8. The number of hydrogen-bond acceptors (Lipinski definition) is 5.